The summed E-state index contributed by atoms with van der Waals surface area (Å²) < 4.78 is 16.3. The monoisotopic (exact) mass is 364 g/mol. The molecule has 1 aromatic heterocycles. The standard InChI is InChI=1S/C22H25FN4/c1-15-7-8-17-11-18(23)12-19-22(17)27(15)21(25-19)14-26-10-9-24-20(13-26)16-5-3-2-4-6-16/h2-6,11-12,15,20,24H,7-10,13-14H2,1H3. The maximum absolute atomic E-state index is 14.0. The molecule has 0 bridgehead atoms. The second-order valence-electron chi connectivity index (χ2n) is 7.87. The van der Waals surface area contributed by atoms with Crippen molar-refractivity contribution < 1.29 is 4.39 Å². The minimum Gasteiger partial charge on any atom is -0.324 e. The summed E-state index contributed by atoms with van der Waals surface area (Å²) in [5.41, 5.74) is 4.38. The van der Waals surface area contributed by atoms with Crippen LogP contribution in [0.15, 0.2) is 42.5 Å². The topological polar surface area (TPSA) is 33.1 Å². The summed E-state index contributed by atoms with van der Waals surface area (Å²) in [7, 11) is 0. The summed E-state index contributed by atoms with van der Waals surface area (Å²) in [5, 5.41) is 3.62. The first-order valence-electron chi connectivity index (χ1n) is 9.89. The second-order valence-corrected chi connectivity index (χ2v) is 7.87. The summed E-state index contributed by atoms with van der Waals surface area (Å²) in [6.45, 7) is 5.99. The maximum atomic E-state index is 14.0. The van der Waals surface area contributed by atoms with Gasteiger partial charge in [0.15, 0.2) is 0 Å². The number of hydrogen-bond acceptors (Lipinski definition) is 3. The molecular weight excluding hydrogens is 339 g/mol. The molecule has 3 aromatic rings. The number of nitrogens with one attached hydrogen (secondary N) is 1. The Kier molecular flexibility index (Phi) is 4.21. The van der Waals surface area contributed by atoms with Gasteiger partial charge in [-0.15, -0.1) is 0 Å². The fourth-order valence-corrected chi connectivity index (χ4v) is 4.66. The van der Waals surface area contributed by atoms with Crippen molar-refractivity contribution in [2.75, 3.05) is 19.6 Å². The summed E-state index contributed by atoms with van der Waals surface area (Å²) in [4.78, 5) is 7.32. The molecule has 4 nitrogen and oxygen atoms in total. The van der Waals surface area contributed by atoms with E-state index in [1.54, 1.807) is 12.1 Å². The average Bonchev–Trinajstić information content (AvgIpc) is 3.04. The normalized spacial score (nSPS) is 23.0. The number of benzene rings is 2. The summed E-state index contributed by atoms with van der Waals surface area (Å²) in [6, 6.07) is 14.7. The van der Waals surface area contributed by atoms with E-state index in [4.69, 9.17) is 4.98 Å². The first-order valence-corrected chi connectivity index (χ1v) is 9.89. The number of halogens is 1. The molecule has 1 N–H and O–H groups in total. The first kappa shape index (κ1) is 16.9. The summed E-state index contributed by atoms with van der Waals surface area (Å²) in [6.07, 6.45) is 1.98. The van der Waals surface area contributed by atoms with Crippen molar-refractivity contribution in [2.45, 2.75) is 38.4 Å². The molecule has 5 rings (SSSR count). The molecule has 2 aliphatic rings. The third-order valence-corrected chi connectivity index (χ3v) is 6.00. The number of nitrogens with zero attached hydrogens (tertiary/aromatic N) is 3. The molecule has 2 atom stereocenters. The van der Waals surface area contributed by atoms with Crippen LogP contribution in [0.2, 0.25) is 0 Å². The van der Waals surface area contributed by atoms with Gasteiger partial charge < -0.3 is 9.88 Å². The van der Waals surface area contributed by atoms with Gasteiger partial charge in [0.1, 0.15) is 11.6 Å². The van der Waals surface area contributed by atoms with Crippen LogP contribution in [0.5, 0.6) is 0 Å². The Hall–Kier alpha value is -2.24. The smallest absolute Gasteiger partial charge is 0.125 e. The maximum Gasteiger partial charge on any atom is 0.125 e. The van der Waals surface area contributed by atoms with Gasteiger partial charge in [0.25, 0.3) is 0 Å². The predicted molar refractivity (Wildman–Crippen MR) is 105 cm³/mol. The van der Waals surface area contributed by atoms with E-state index in [2.05, 4.69) is 52.0 Å². The molecule has 2 aliphatic heterocycles. The van der Waals surface area contributed by atoms with Gasteiger partial charge in [-0.05, 0) is 37.0 Å². The van der Waals surface area contributed by atoms with Crippen molar-refractivity contribution >= 4 is 11.0 Å². The molecule has 5 heteroatoms. The van der Waals surface area contributed by atoms with E-state index < -0.39 is 0 Å². The van der Waals surface area contributed by atoms with Crippen LogP contribution in [0.1, 0.15) is 42.4 Å². The molecule has 0 amide bonds. The van der Waals surface area contributed by atoms with Crippen molar-refractivity contribution in [3.8, 4) is 0 Å². The highest BCUT2D eigenvalue weighted by Gasteiger charge is 2.27. The van der Waals surface area contributed by atoms with Crippen molar-refractivity contribution in [3.05, 3.63) is 65.2 Å². The van der Waals surface area contributed by atoms with Gasteiger partial charge in [-0.25, -0.2) is 9.37 Å². The third-order valence-electron chi connectivity index (χ3n) is 6.00. The van der Waals surface area contributed by atoms with Crippen molar-refractivity contribution in [1.82, 2.24) is 19.8 Å². The van der Waals surface area contributed by atoms with E-state index in [0.29, 0.717) is 12.1 Å². The van der Waals surface area contributed by atoms with Gasteiger partial charge in [-0.3, -0.25) is 4.90 Å². The summed E-state index contributed by atoms with van der Waals surface area (Å²) in [5.74, 6) is 0.896. The Labute approximate surface area is 159 Å². The van der Waals surface area contributed by atoms with E-state index in [-0.39, 0.29) is 5.82 Å². The number of piperazine rings is 1. The number of aryl methyl sites for hydroxylation is 1. The largest absolute Gasteiger partial charge is 0.324 e. The van der Waals surface area contributed by atoms with Crippen LogP contribution in [0.4, 0.5) is 4.39 Å². The number of rotatable bonds is 3. The molecule has 140 valence electrons. The molecule has 2 unspecified atom stereocenters. The fraction of sp³-hybridized carbons (Fsp3) is 0.409. The molecule has 3 heterocycles. The number of imidazole rings is 1. The van der Waals surface area contributed by atoms with E-state index in [1.165, 1.54) is 5.56 Å². The Morgan fingerprint density at radius 1 is 1.22 bits per heavy atom. The summed E-state index contributed by atoms with van der Waals surface area (Å²) >= 11 is 0. The Balaban J connectivity index is 1.45. The van der Waals surface area contributed by atoms with E-state index in [9.17, 15) is 4.39 Å². The molecule has 0 radical (unpaired) electrons. The van der Waals surface area contributed by atoms with Gasteiger partial charge in [-0.2, -0.15) is 0 Å². The van der Waals surface area contributed by atoms with Crippen LogP contribution in [-0.4, -0.2) is 34.1 Å². The molecule has 0 saturated carbocycles. The highest BCUT2D eigenvalue weighted by molar-refractivity contribution is 5.80. The van der Waals surface area contributed by atoms with Crippen molar-refractivity contribution in [3.63, 3.8) is 0 Å². The molecule has 0 aliphatic carbocycles. The minimum absolute atomic E-state index is 0.172. The second kappa shape index (κ2) is 6.73. The quantitative estimate of drug-likeness (QED) is 0.767. The highest BCUT2D eigenvalue weighted by Crippen LogP contribution is 2.33. The highest BCUT2D eigenvalue weighted by atomic mass is 19.1. The molecule has 1 fully saturated rings. The predicted octanol–water partition coefficient (Wildman–Crippen LogP) is 3.83. The lowest BCUT2D eigenvalue weighted by Gasteiger charge is -2.34. The Morgan fingerprint density at radius 3 is 2.93 bits per heavy atom. The zero-order valence-corrected chi connectivity index (χ0v) is 15.7. The molecule has 1 saturated heterocycles. The Morgan fingerprint density at radius 2 is 2.07 bits per heavy atom. The molecular formula is C22H25FN4. The van der Waals surface area contributed by atoms with Gasteiger partial charge in [0.2, 0.25) is 0 Å². The number of aromatic nitrogens is 2. The molecule has 2 aromatic carbocycles. The number of hydrogen-bond donors (Lipinski definition) is 1. The lowest BCUT2D eigenvalue weighted by molar-refractivity contribution is 0.186. The first-order chi connectivity index (χ1) is 13.2. The molecule has 0 spiro atoms. The average molecular weight is 364 g/mol. The zero-order valence-electron chi connectivity index (χ0n) is 15.7. The van der Waals surface area contributed by atoms with Crippen LogP contribution in [-0.2, 0) is 13.0 Å². The van der Waals surface area contributed by atoms with Gasteiger partial charge in [0, 0.05) is 37.8 Å². The van der Waals surface area contributed by atoms with Crippen LogP contribution < -0.4 is 5.32 Å². The van der Waals surface area contributed by atoms with E-state index >= 15 is 0 Å². The lowest BCUT2D eigenvalue weighted by atomic mass is 9.99. The van der Waals surface area contributed by atoms with Crippen molar-refractivity contribution in [1.29, 1.82) is 0 Å². The fourth-order valence-electron chi connectivity index (χ4n) is 4.66. The van der Waals surface area contributed by atoms with Gasteiger partial charge >= 0.3 is 0 Å². The van der Waals surface area contributed by atoms with Crippen LogP contribution in [0.3, 0.4) is 0 Å². The van der Waals surface area contributed by atoms with Crippen LogP contribution in [0.25, 0.3) is 11.0 Å². The van der Waals surface area contributed by atoms with Crippen molar-refractivity contribution in [2.24, 2.45) is 0 Å². The van der Waals surface area contributed by atoms with Gasteiger partial charge in [-0.1, -0.05) is 30.3 Å². The SMILES string of the molecule is CC1CCc2cc(F)cc3nc(CN4CCNC(c5ccccc5)C4)n1c23. The minimum atomic E-state index is -0.172. The van der Waals surface area contributed by atoms with E-state index in [1.807, 2.05) is 0 Å². The van der Waals surface area contributed by atoms with E-state index in [0.717, 1.165) is 61.4 Å². The van der Waals surface area contributed by atoms with Crippen LogP contribution in [0, 0.1) is 5.82 Å². The lowest BCUT2D eigenvalue weighted by Crippen LogP contribution is -2.45. The molecule has 27 heavy (non-hydrogen) atoms. The Bertz CT molecular complexity index is 965. The van der Waals surface area contributed by atoms with Gasteiger partial charge in [0.05, 0.1) is 17.6 Å². The van der Waals surface area contributed by atoms with Crippen LogP contribution >= 0.6 is 0 Å². The zero-order chi connectivity index (χ0) is 18.4. The third kappa shape index (κ3) is 3.05.